The van der Waals surface area contributed by atoms with E-state index in [0.717, 1.165) is 31.2 Å². The van der Waals surface area contributed by atoms with Crippen molar-refractivity contribution in [2.75, 3.05) is 12.4 Å². The lowest BCUT2D eigenvalue weighted by Gasteiger charge is -2.20. The van der Waals surface area contributed by atoms with E-state index in [1.165, 1.54) is 16.2 Å². The van der Waals surface area contributed by atoms with E-state index >= 15 is 0 Å². The highest BCUT2D eigenvalue weighted by atomic mass is 32.1. The van der Waals surface area contributed by atoms with Gasteiger partial charge < -0.3 is 15.8 Å². The number of nitrogens with one attached hydrogen (secondary N) is 1. The van der Waals surface area contributed by atoms with Gasteiger partial charge in [0.05, 0.1) is 12.7 Å². The Labute approximate surface area is 151 Å². The molecule has 1 aliphatic carbocycles. The lowest BCUT2D eigenvalue weighted by molar-refractivity contribution is 0.1000. The minimum atomic E-state index is -0.478. The first kappa shape index (κ1) is 17.5. The molecule has 1 heterocycles. The van der Waals surface area contributed by atoms with Gasteiger partial charge in [-0.05, 0) is 48.9 Å². The van der Waals surface area contributed by atoms with Crippen LogP contribution in [0.4, 0.5) is 5.00 Å². The fraction of sp³-hybridized carbons (Fsp3) is 0.368. The molecule has 1 unspecified atom stereocenters. The Bertz CT molecular complexity index is 813. The monoisotopic (exact) mass is 358 g/mol. The summed E-state index contributed by atoms with van der Waals surface area (Å²) in [5.74, 6) is 0.494. The van der Waals surface area contributed by atoms with E-state index in [-0.39, 0.29) is 5.91 Å². The normalized spacial score (nSPS) is 16.2. The highest BCUT2D eigenvalue weighted by Gasteiger charge is 2.28. The highest BCUT2D eigenvalue weighted by Crippen LogP contribution is 2.40. The van der Waals surface area contributed by atoms with E-state index in [4.69, 9.17) is 10.5 Å². The number of benzene rings is 1. The molecule has 1 aromatic carbocycles. The van der Waals surface area contributed by atoms with Crippen LogP contribution in [0.15, 0.2) is 24.3 Å². The number of anilines is 1. The van der Waals surface area contributed by atoms with E-state index in [2.05, 4.69) is 12.2 Å². The molecular formula is C19H22N2O3S. The van der Waals surface area contributed by atoms with Crippen LogP contribution in [0.25, 0.3) is 0 Å². The van der Waals surface area contributed by atoms with Crippen LogP contribution >= 0.6 is 11.3 Å². The molecule has 0 saturated heterocycles. The van der Waals surface area contributed by atoms with Crippen molar-refractivity contribution >= 4 is 28.2 Å². The van der Waals surface area contributed by atoms with Crippen LogP contribution in [0, 0.1) is 5.92 Å². The second-order valence-electron chi connectivity index (χ2n) is 6.28. The maximum Gasteiger partial charge on any atom is 0.256 e. The molecule has 5 nitrogen and oxygen atoms in total. The molecule has 2 aromatic rings. The minimum absolute atomic E-state index is 0.271. The number of rotatable bonds is 5. The summed E-state index contributed by atoms with van der Waals surface area (Å²) in [6, 6.07) is 6.91. The zero-order valence-corrected chi connectivity index (χ0v) is 15.2. The standard InChI is InChI=1S/C19H22N2O3S/c1-3-11-7-8-14-15(9-11)25-19(16(14)17(20)22)21-18(23)12-5-4-6-13(10-12)24-2/h4-6,10-11H,3,7-9H2,1-2H3,(H2,20,22)(H,21,23). The molecule has 0 radical (unpaired) electrons. The summed E-state index contributed by atoms with van der Waals surface area (Å²) in [5.41, 5.74) is 7.58. The number of hydrogen-bond donors (Lipinski definition) is 2. The number of hydrogen-bond acceptors (Lipinski definition) is 4. The molecule has 0 aliphatic heterocycles. The quantitative estimate of drug-likeness (QED) is 0.856. The summed E-state index contributed by atoms with van der Waals surface area (Å²) < 4.78 is 5.16. The van der Waals surface area contributed by atoms with Crippen molar-refractivity contribution in [3.05, 3.63) is 45.8 Å². The van der Waals surface area contributed by atoms with Crippen molar-refractivity contribution < 1.29 is 14.3 Å². The summed E-state index contributed by atoms with van der Waals surface area (Å²) >= 11 is 1.48. The molecule has 25 heavy (non-hydrogen) atoms. The van der Waals surface area contributed by atoms with E-state index in [1.54, 1.807) is 31.4 Å². The van der Waals surface area contributed by atoms with Crippen LogP contribution in [0.3, 0.4) is 0 Å². The summed E-state index contributed by atoms with van der Waals surface area (Å²) in [4.78, 5) is 25.7. The van der Waals surface area contributed by atoms with Gasteiger partial charge in [-0.25, -0.2) is 0 Å². The van der Waals surface area contributed by atoms with Gasteiger partial charge in [-0.1, -0.05) is 19.4 Å². The number of carbonyl (C=O) groups is 2. The first-order chi connectivity index (χ1) is 12.0. The average molecular weight is 358 g/mol. The second kappa shape index (κ2) is 7.27. The predicted molar refractivity (Wildman–Crippen MR) is 99.6 cm³/mol. The van der Waals surface area contributed by atoms with Crippen LogP contribution in [-0.4, -0.2) is 18.9 Å². The van der Waals surface area contributed by atoms with Gasteiger partial charge in [0.2, 0.25) is 0 Å². The third-order valence-electron chi connectivity index (χ3n) is 4.75. The molecule has 132 valence electrons. The number of nitrogens with two attached hydrogens (primary N) is 1. The van der Waals surface area contributed by atoms with Gasteiger partial charge in [-0.15, -0.1) is 11.3 Å². The number of carbonyl (C=O) groups excluding carboxylic acids is 2. The van der Waals surface area contributed by atoms with Gasteiger partial charge in [0.25, 0.3) is 11.8 Å². The summed E-state index contributed by atoms with van der Waals surface area (Å²) in [5, 5.41) is 3.43. The van der Waals surface area contributed by atoms with E-state index < -0.39 is 5.91 Å². The Hall–Kier alpha value is -2.34. The third-order valence-corrected chi connectivity index (χ3v) is 5.92. The molecule has 0 saturated carbocycles. The highest BCUT2D eigenvalue weighted by molar-refractivity contribution is 7.17. The van der Waals surface area contributed by atoms with Crippen molar-refractivity contribution in [1.82, 2.24) is 0 Å². The molecule has 1 aliphatic rings. The van der Waals surface area contributed by atoms with Gasteiger partial charge in [0.15, 0.2) is 0 Å². The van der Waals surface area contributed by atoms with Crippen molar-refractivity contribution in [1.29, 1.82) is 0 Å². The van der Waals surface area contributed by atoms with Gasteiger partial charge in [-0.3, -0.25) is 9.59 Å². The van der Waals surface area contributed by atoms with E-state index in [9.17, 15) is 9.59 Å². The van der Waals surface area contributed by atoms with Crippen LogP contribution in [0.5, 0.6) is 5.75 Å². The number of primary amides is 1. The lowest BCUT2D eigenvalue weighted by atomic mass is 9.85. The van der Waals surface area contributed by atoms with Crippen LogP contribution < -0.4 is 15.8 Å². The number of ether oxygens (including phenoxy) is 1. The van der Waals surface area contributed by atoms with Crippen LogP contribution in [-0.2, 0) is 12.8 Å². The molecule has 2 amide bonds. The maximum atomic E-state index is 12.6. The molecule has 3 N–H and O–H groups in total. The number of methoxy groups -OCH3 is 1. The first-order valence-corrected chi connectivity index (χ1v) is 9.24. The zero-order chi connectivity index (χ0) is 18.0. The van der Waals surface area contributed by atoms with Crippen LogP contribution in [0.2, 0.25) is 0 Å². The molecule has 6 heteroatoms. The first-order valence-electron chi connectivity index (χ1n) is 8.43. The van der Waals surface area contributed by atoms with Crippen molar-refractivity contribution in [2.24, 2.45) is 11.7 Å². The Kier molecular flexibility index (Phi) is 5.08. The largest absolute Gasteiger partial charge is 0.497 e. The Morgan fingerprint density at radius 3 is 2.88 bits per heavy atom. The molecule has 1 aromatic heterocycles. The molecule has 0 fully saturated rings. The lowest BCUT2D eigenvalue weighted by Crippen LogP contribution is -2.19. The molecular weight excluding hydrogens is 336 g/mol. The number of amides is 2. The molecule has 1 atom stereocenters. The van der Waals surface area contributed by atoms with Gasteiger partial charge in [0.1, 0.15) is 10.8 Å². The fourth-order valence-electron chi connectivity index (χ4n) is 3.29. The number of thiophene rings is 1. The molecule has 3 rings (SSSR count). The SMILES string of the molecule is CCC1CCc2c(sc(NC(=O)c3cccc(OC)c3)c2C(N)=O)C1. The summed E-state index contributed by atoms with van der Waals surface area (Å²) in [7, 11) is 1.56. The smallest absolute Gasteiger partial charge is 0.256 e. The molecule has 0 spiro atoms. The third kappa shape index (κ3) is 3.54. The summed E-state index contributed by atoms with van der Waals surface area (Å²) in [6.07, 6.45) is 3.97. The van der Waals surface area contributed by atoms with Crippen molar-refractivity contribution in [2.45, 2.75) is 32.6 Å². The Balaban J connectivity index is 1.90. The predicted octanol–water partition coefficient (Wildman–Crippen LogP) is 3.62. The maximum absolute atomic E-state index is 12.6. The topological polar surface area (TPSA) is 81.4 Å². The number of fused-ring (bicyclic) bond motifs is 1. The molecule has 0 bridgehead atoms. The Morgan fingerprint density at radius 1 is 1.40 bits per heavy atom. The van der Waals surface area contributed by atoms with Gasteiger partial charge in [0, 0.05) is 10.4 Å². The Morgan fingerprint density at radius 2 is 2.20 bits per heavy atom. The second-order valence-corrected chi connectivity index (χ2v) is 7.38. The van der Waals surface area contributed by atoms with E-state index in [1.807, 2.05) is 0 Å². The van der Waals surface area contributed by atoms with E-state index in [0.29, 0.717) is 27.8 Å². The summed E-state index contributed by atoms with van der Waals surface area (Å²) in [6.45, 7) is 2.18. The van der Waals surface area contributed by atoms with Gasteiger partial charge in [-0.2, -0.15) is 0 Å². The fourth-order valence-corrected chi connectivity index (χ4v) is 4.65. The zero-order valence-electron chi connectivity index (χ0n) is 14.4. The minimum Gasteiger partial charge on any atom is -0.497 e. The van der Waals surface area contributed by atoms with Crippen molar-refractivity contribution in [3.63, 3.8) is 0 Å². The van der Waals surface area contributed by atoms with Crippen LogP contribution in [0.1, 0.15) is 50.9 Å². The van der Waals surface area contributed by atoms with Crippen molar-refractivity contribution in [3.8, 4) is 5.75 Å². The van der Waals surface area contributed by atoms with Gasteiger partial charge >= 0.3 is 0 Å². The average Bonchev–Trinajstić information content (AvgIpc) is 2.98.